The fourth-order valence-electron chi connectivity index (χ4n) is 2.99. The molecule has 1 aromatic carbocycles. The van der Waals surface area contributed by atoms with Crippen LogP contribution in [0, 0.1) is 6.92 Å². The lowest BCUT2D eigenvalue weighted by atomic mass is 10.1. The molecule has 0 saturated carbocycles. The molecule has 0 radical (unpaired) electrons. The SMILES string of the molecule is Cc1cccc(-c2nnc(SCC(=O)N(C)[C@@H]3CCS(=O)(=O)C3)n2C)c1. The van der Waals surface area contributed by atoms with Gasteiger partial charge in [-0.15, -0.1) is 10.2 Å². The minimum Gasteiger partial charge on any atom is -0.341 e. The van der Waals surface area contributed by atoms with Crippen molar-refractivity contribution in [3.63, 3.8) is 0 Å². The van der Waals surface area contributed by atoms with Crippen molar-refractivity contribution in [2.75, 3.05) is 24.3 Å². The van der Waals surface area contributed by atoms with Crippen molar-refractivity contribution >= 4 is 27.5 Å². The topological polar surface area (TPSA) is 85.2 Å². The molecule has 1 atom stereocenters. The Hall–Kier alpha value is -1.87. The van der Waals surface area contributed by atoms with Gasteiger partial charge in [-0.3, -0.25) is 4.79 Å². The Balaban J connectivity index is 1.64. The molecule has 2 aromatic rings. The molecule has 9 heteroatoms. The second kappa shape index (κ2) is 7.40. The minimum absolute atomic E-state index is 0.0569. The molecular formula is C17H22N4O3S2. The van der Waals surface area contributed by atoms with Crippen LogP contribution in [0.1, 0.15) is 12.0 Å². The molecule has 0 unspecified atom stereocenters. The summed E-state index contributed by atoms with van der Waals surface area (Å²) >= 11 is 1.31. The molecular weight excluding hydrogens is 372 g/mol. The van der Waals surface area contributed by atoms with Crippen molar-refractivity contribution in [1.29, 1.82) is 0 Å². The van der Waals surface area contributed by atoms with Crippen molar-refractivity contribution in [3.8, 4) is 11.4 Å². The number of sulfone groups is 1. The van der Waals surface area contributed by atoms with E-state index < -0.39 is 9.84 Å². The lowest BCUT2D eigenvalue weighted by Gasteiger charge is -2.23. The maximum absolute atomic E-state index is 12.4. The number of hydrogen-bond acceptors (Lipinski definition) is 6. The van der Waals surface area contributed by atoms with Crippen molar-refractivity contribution < 1.29 is 13.2 Å². The highest BCUT2D eigenvalue weighted by Crippen LogP contribution is 2.24. The molecule has 1 amide bonds. The van der Waals surface area contributed by atoms with Crippen LogP contribution < -0.4 is 0 Å². The predicted molar refractivity (Wildman–Crippen MR) is 102 cm³/mol. The molecule has 1 aliphatic rings. The molecule has 0 spiro atoms. The zero-order valence-electron chi connectivity index (χ0n) is 15.0. The summed E-state index contributed by atoms with van der Waals surface area (Å²) < 4.78 is 25.0. The lowest BCUT2D eigenvalue weighted by molar-refractivity contribution is -0.128. The minimum atomic E-state index is -3.01. The van der Waals surface area contributed by atoms with Gasteiger partial charge in [-0.05, 0) is 19.4 Å². The molecule has 7 nitrogen and oxygen atoms in total. The summed E-state index contributed by atoms with van der Waals surface area (Å²) in [6.07, 6.45) is 0.511. The average molecular weight is 395 g/mol. The van der Waals surface area contributed by atoms with Gasteiger partial charge in [0.05, 0.1) is 17.3 Å². The average Bonchev–Trinajstić information content (AvgIpc) is 3.14. The van der Waals surface area contributed by atoms with Crippen LogP contribution in [0.25, 0.3) is 11.4 Å². The van der Waals surface area contributed by atoms with E-state index in [4.69, 9.17) is 0 Å². The molecule has 1 fully saturated rings. The van der Waals surface area contributed by atoms with Crippen LogP contribution in [-0.2, 0) is 21.7 Å². The van der Waals surface area contributed by atoms with E-state index in [1.165, 1.54) is 11.8 Å². The third-order valence-corrected chi connectivity index (χ3v) is 7.34. The van der Waals surface area contributed by atoms with E-state index in [1.807, 2.05) is 42.8 Å². The van der Waals surface area contributed by atoms with Crippen molar-refractivity contribution in [2.24, 2.45) is 7.05 Å². The first-order valence-electron chi connectivity index (χ1n) is 8.32. The molecule has 2 heterocycles. The zero-order valence-corrected chi connectivity index (χ0v) is 16.7. The van der Waals surface area contributed by atoms with E-state index >= 15 is 0 Å². The smallest absolute Gasteiger partial charge is 0.233 e. The van der Waals surface area contributed by atoms with Gasteiger partial charge in [0.25, 0.3) is 0 Å². The Morgan fingerprint density at radius 2 is 2.15 bits per heavy atom. The summed E-state index contributed by atoms with van der Waals surface area (Å²) in [5.74, 6) is 1.07. The van der Waals surface area contributed by atoms with Gasteiger partial charge in [0.2, 0.25) is 5.91 Å². The van der Waals surface area contributed by atoms with Gasteiger partial charge in [-0.1, -0.05) is 35.5 Å². The van der Waals surface area contributed by atoms with Crippen LogP contribution in [-0.4, -0.2) is 64.3 Å². The maximum atomic E-state index is 12.4. The van der Waals surface area contributed by atoms with Gasteiger partial charge in [0, 0.05) is 25.7 Å². The Morgan fingerprint density at radius 3 is 2.81 bits per heavy atom. The highest BCUT2D eigenvalue weighted by atomic mass is 32.2. The highest BCUT2D eigenvalue weighted by Gasteiger charge is 2.32. The number of thioether (sulfide) groups is 1. The van der Waals surface area contributed by atoms with Crippen molar-refractivity contribution in [1.82, 2.24) is 19.7 Å². The first-order valence-corrected chi connectivity index (χ1v) is 11.1. The van der Waals surface area contributed by atoms with E-state index in [0.717, 1.165) is 17.0 Å². The standard InChI is InChI=1S/C17H22N4O3S2/c1-12-5-4-6-13(9-12)16-18-19-17(21(16)3)25-10-15(22)20(2)14-7-8-26(23,24)11-14/h4-6,9,14H,7-8,10-11H2,1-3H3/t14-/m1/s1. The molecule has 1 aromatic heterocycles. The van der Waals surface area contributed by atoms with E-state index in [9.17, 15) is 13.2 Å². The fourth-order valence-corrected chi connectivity index (χ4v) is 5.60. The summed E-state index contributed by atoms with van der Waals surface area (Å²) in [5.41, 5.74) is 2.12. The van der Waals surface area contributed by atoms with E-state index in [-0.39, 0.29) is 29.2 Å². The normalized spacial score (nSPS) is 18.8. The van der Waals surface area contributed by atoms with E-state index in [1.54, 1.807) is 11.9 Å². The Bertz CT molecular complexity index is 924. The molecule has 1 saturated heterocycles. The largest absolute Gasteiger partial charge is 0.341 e. The Morgan fingerprint density at radius 1 is 1.38 bits per heavy atom. The van der Waals surface area contributed by atoms with Crippen molar-refractivity contribution in [3.05, 3.63) is 29.8 Å². The van der Waals surface area contributed by atoms with Gasteiger partial charge in [0.15, 0.2) is 20.8 Å². The van der Waals surface area contributed by atoms with Gasteiger partial charge >= 0.3 is 0 Å². The highest BCUT2D eigenvalue weighted by molar-refractivity contribution is 7.99. The second-order valence-electron chi connectivity index (χ2n) is 6.58. The zero-order chi connectivity index (χ0) is 18.9. The van der Waals surface area contributed by atoms with Crippen LogP contribution in [0.15, 0.2) is 29.4 Å². The monoisotopic (exact) mass is 394 g/mol. The Kier molecular flexibility index (Phi) is 5.38. The molecule has 1 aliphatic heterocycles. The van der Waals surface area contributed by atoms with Crippen LogP contribution in [0.4, 0.5) is 0 Å². The van der Waals surface area contributed by atoms with E-state index in [2.05, 4.69) is 10.2 Å². The summed E-state index contributed by atoms with van der Waals surface area (Å²) in [7, 11) is 0.537. The molecule has 140 valence electrons. The van der Waals surface area contributed by atoms with Gasteiger partial charge in [-0.2, -0.15) is 0 Å². The van der Waals surface area contributed by atoms with Crippen LogP contribution >= 0.6 is 11.8 Å². The molecule has 0 bridgehead atoms. The number of carbonyl (C=O) groups excluding carboxylic acids is 1. The molecule has 0 aliphatic carbocycles. The van der Waals surface area contributed by atoms with Gasteiger partial charge in [0.1, 0.15) is 0 Å². The number of hydrogen-bond donors (Lipinski definition) is 0. The van der Waals surface area contributed by atoms with Gasteiger partial charge < -0.3 is 9.47 Å². The first-order chi connectivity index (χ1) is 12.3. The quantitative estimate of drug-likeness (QED) is 0.715. The van der Waals surface area contributed by atoms with Crippen LogP contribution in [0.3, 0.4) is 0 Å². The maximum Gasteiger partial charge on any atom is 0.233 e. The molecule has 3 rings (SSSR count). The summed E-state index contributed by atoms with van der Waals surface area (Å²) in [5, 5.41) is 9.07. The van der Waals surface area contributed by atoms with E-state index in [0.29, 0.717) is 11.6 Å². The van der Waals surface area contributed by atoms with Crippen LogP contribution in [0.2, 0.25) is 0 Å². The number of benzene rings is 1. The number of amides is 1. The predicted octanol–water partition coefficient (Wildman–Crippen LogP) is 1.53. The fraction of sp³-hybridized carbons (Fsp3) is 0.471. The summed E-state index contributed by atoms with van der Waals surface area (Å²) in [6.45, 7) is 2.02. The third-order valence-electron chi connectivity index (χ3n) is 4.59. The van der Waals surface area contributed by atoms with Crippen molar-refractivity contribution in [2.45, 2.75) is 24.5 Å². The number of rotatable bonds is 5. The first kappa shape index (κ1) is 18.9. The summed E-state index contributed by atoms with van der Waals surface area (Å²) in [6, 6.07) is 7.78. The number of carbonyl (C=O) groups is 1. The van der Waals surface area contributed by atoms with Gasteiger partial charge in [-0.25, -0.2) is 8.42 Å². The summed E-state index contributed by atoms with van der Waals surface area (Å²) in [4.78, 5) is 14.0. The lowest BCUT2D eigenvalue weighted by Crippen LogP contribution is -2.38. The molecule has 0 N–H and O–H groups in total. The Labute approximate surface area is 157 Å². The second-order valence-corrected chi connectivity index (χ2v) is 9.76. The number of aromatic nitrogens is 3. The molecule has 26 heavy (non-hydrogen) atoms. The third kappa shape index (κ3) is 4.09. The number of aryl methyl sites for hydroxylation is 1. The van der Waals surface area contributed by atoms with Crippen LogP contribution in [0.5, 0.6) is 0 Å². The number of nitrogens with zero attached hydrogens (tertiary/aromatic N) is 4.